The molecule has 2 aromatic carbocycles. The fourth-order valence-corrected chi connectivity index (χ4v) is 3.27. The summed E-state index contributed by atoms with van der Waals surface area (Å²) in [6.07, 6.45) is 3.01. The number of benzene rings is 2. The first-order chi connectivity index (χ1) is 10.6. The largest absolute Gasteiger partial charge is 0.255 e. The van der Waals surface area contributed by atoms with Gasteiger partial charge in [0.2, 0.25) is 0 Å². The minimum Gasteiger partial charge on any atom is -0.255 e. The predicted octanol–water partition coefficient (Wildman–Crippen LogP) is 5.25. The number of aryl methyl sites for hydroxylation is 3. The van der Waals surface area contributed by atoms with Gasteiger partial charge in [0.05, 0.1) is 5.69 Å². The molecule has 0 spiro atoms. The lowest BCUT2D eigenvalue weighted by Crippen LogP contribution is -1.89. The predicted molar refractivity (Wildman–Crippen MR) is 92.1 cm³/mol. The second-order valence-electron chi connectivity index (χ2n) is 6.37. The summed E-state index contributed by atoms with van der Waals surface area (Å²) in [5.74, 6) is 0. The monoisotopic (exact) mass is 285 g/mol. The molecule has 0 aliphatic heterocycles. The summed E-state index contributed by atoms with van der Waals surface area (Å²) in [5, 5.41) is 0. The molecular weight excluding hydrogens is 266 g/mol. The van der Waals surface area contributed by atoms with Crippen LogP contribution in [-0.4, -0.2) is 4.98 Å². The molecule has 0 amide bonds. The summed E-state index contributed by atoms with van der Waals surface area (Å²) in [7, 11) is 0. The van der Waals surface area contributed by atoms with Crippen LogP contribution in [0.1, 0.15) is 27.8 Å². The Bertz CT molecular complexity index is 890. The zero-order valence-corrected chi connectivity index (χ0v) is 13.3. The Balaban J connectivity index is 1.80. The molecule has 0 atom stereocenters. The van der Waals surface area contributed by atoms with Gasteiger partial charge in [-0.3, -0.25) is 4.98 Å². The fourth-order valence-electron chi connectivity index (χ4n) is 3.27. The summed E-state index contributed by atoms with van der Waals surface area (Å²) in [5.41, 5.74) is 11.7. The number of rotatable bonds is 1. The average molecular weight is 285 g/mol. The van der Waals surface area contributed by atoms with Crippen LogP contribution in [-0.2, 0) is 6.42 Å². The topological polar surface area (TPSA) is 12.9 Å². The molecule has 0 unspecified atom stereocenters. The lowest BCUT2D eigenvalue weighted by atomic mass is 10.00. The van der Waals surface area contributed by atoms with Crippen molar-refractivity contribution in [1.82, 2.24) is 4.98 Å². The minimum absolute atomic E-state index is 0.998. The smallest absolute Gasteiger partial charge is 0.0740 e. The van der Waals surface area contributed by atoms with Gasteiger partial charge < -0.3 is 0 Å². The van der Waals surface area contributed by atoms with Gasteiger partial charge in [0.1, 0.15) is 0 Å². The van der Waals surface area contributed by atoms with Gasteiger partial charge in [0, 0.05) is 23.7 Å². The molecule has 0 saturated carbocycles. The van der Waals surface area contributed by atoms with Gasteiger partial charge in [-0.25, -0.2) is 0 Å². The first-order valence-electron chi connectivity index (χ1n) is 7.78. The molecule has 0 saturated heterocycles. The van der Waals surface area contributed by atoms with Crippen molar-refractivity contribution in [3.63, 3.8) is 0 Å². The maximum Gasteiger partial charge on any atom is 0.0740 e. The lowest BCUT2D eigenvalue weighted by Gasteiger charge is -2.07. The Kier molecular flexibility index (Phi) is 2.90. The number of pyridine rings is 1. The maximum absolute atomic E-state index is 4.76. The first-order valence-corrected chi connectivity index (χ1v) is 7.78. The normalized spacial score (nSPS) is 12.1. The van der Waals surface area contributed by atoms with Crippen molar-refractivity contribution in [3.8, 4) is 22.4 Å². The molecule has 3 aromatic rings. The number of nitrogens with zero attached hydrogens (tertiary/aromatic N) is 1. The summed E-state index contributed by atoms with van der Waals surface area (Å²) >= 11 is 0. The lowest BCUT2D eigenvalue weighted by molar-refractivity contribution is 1.22. The van der Waals surface area contributed by atoms with Crippen LogP contribution in [0, 0.1) is 20.8 Å². The molecule has 1 aromatic heterocycles. The minimum atomic E-state index is 0.998. The number of hydrogen-bond acceptors (Lipinski definition) is 1. The van der Waals surface area contributed by atoms with Gasteiger partial charge in [-0.15, -0.1) is 0 Å². The summed E-state index contributed by atoms with van der Waals surface area (Å²) in [6.45, 7) is 6.47. The van der Waals surface area contributed by atoms with E-state index in [4.69, 9.17) is 4.98 Å². The van der Waals surface area contributed by atoms with Gasteiger partial charge in [0.15, 0.2) is 0 Å². The third-order valence-corrected chi connectivity index (χ3v) is 4.70. The number of fused-ring (bicyclic) bond motifs is 3. The Hall–Kier alpha value is -2.41. The second kappa shape index (κ2) is 4.81. The van der Waals surface area contributed by atoms with Crippen LogP contribution >= 0.6 is 0 Å². The van der Waals surface area contributed by atoms with Crippen molar-refractivity contribution in [2.24, 2.45) is 0 Å². The molecule has 0 radical (unpaired) electrons. The van der Waals surface area contributed by atoms with E-state index in [1.807, 2.05) is 6.20 Å². The van der Waals surface area contributed by atoms with E-state index < -0.39 is 0 Å². The first kappa shape index (κ1) is 13.3. The van der Waals surface area contributed by atoms with E-state index >= 15 is 0 Å². The van der Waals surface area contributed by atoms with E-state index in [-0.39, 0.29) is 0 Å². The molecule has 1 aliphatic rings. The van der Waals surface area contributed by atoms with Crippen molar-refractivity contribution in [3.05, 3.63) is 76.5 Å². The molecular formula is C21H19N. The van der Waals surface area contributed by atoms with E-state index in [1.165, 1.54) is 44.5 Å². The molecule has 1 heteroatoms. The molecule has 108 valence electrons. The average Bonchev–Trinajstić information content (AvgIpc) is 2.86. The molecule has 1 nitrogen and oxygen atoms in total. The van der Waals surface area contributed by atoms with E-state index in [1.54, 1.807) is 0 Å². The molecule has 0 fully saturated rings. The van der Waals surface area contributed by atoms with Crippen LogP contribution in [0.25, 0.3) is 22.4 Å². The van der Waals surface area contributed by atoms with Crippen molar-refractivity contribution < 1.29 is 0 Å². The van der Waals surface area contributed by atoms with E-state index in [9.17, 15) is 0 Å². The third-order valence-electron chi connectivity index (χ3n) is 4.70. The van der Waals surface area contributed by atoms with Crippen molar-refractivity contribution in [1.29, 1.82) is 0 Å². The molecule has 4 rings (SSSR count). The van der Waals surface area contributed by atoms with E-state index in [0.29, 0.717) is 0 Å². The fraction of sp³-hybridized carbons (Fsp3) is 0.190. The van der Waals surface area contributed by atoms with Gasteiger partial charge in [0.25, 0.3) is 0 Å². The second-order valence-corrected chi connectivity index (χ2v) is 6.37. The molecule has 1 heterocycles. The highest BCUT2D eigenvalue weighted by atomic mass is 14.7. The maximum atomic E-state index is 4.76. The van der Waals surface area contributed by atoms with Crippen LogP contribution in [0.3, 0.4) is 0 Å². The van der Waals surface area contributed by atoms with Crippen LogP contribution < -0.4 is 0 Å². The Labute approximate surface area is 131 Å². The quantitative estimate of drug-likeness (QED) is 0.466. The van der Waals surface area contributed by atoms with Crippen molar-refractivity contribution in [2.45, 2.75) is 27.2 Å². The van der Waals surface area contributed by atoms with Gasteiger partial charge in [-0.05, 0) is 54.7 Å². The van der Waals surface area contributed by atoms with Crippen LogP contribution in [0.15, 0.2) is 48.7 Å². The molecule has 22 heavy (non-hydrogen) atoms. The van der Waals surface area contributed by atoms with Crippen LogP contribution in [0.2, 0.25) is 0 Å². The number of aromatic nitrogens is 1. The standard InChI is InChI=1S/C21H19N/c1-13-4-7-20-17(8-13)10-18-11-19(12-22-21(18)20)16-6-5-14(2)15(3)9-16/h4-9,11-12H,10H2,1-3H3. The highest BCUT2D eigenvalue weighted by Crippen LogP contribution is 2.37. The number of hydrogen-bond donors (Lipinski definition) is 0. The van der Waals surface area contributed by atoms with Crippen LogP contribution in [0.5, 0.6) is 0 Å². The summed E-state index contributed by atoms with van der Waals surface area (Å²) in [6, 6.07) is 15.6. The van der Waals surface area contributed by atoms with Gasteiger partial charge in [-0.2, -0.15) is 0 Å². The zero-order valence-electron chi connectivity index (χ0n) is 13.3. The van der Waals surface area contributed by atoms with Crippen LogP contribution in [0.4, 0.5) is 0 Å². The van der Waals surface area contributed by atoms with E-state index in [0.717, 1.165) is 12.1 Å². The Morgan fingerprint density at radius 1 is 0.773 bits per heavy atom. The Morgan fingerprint density at radius 2 is 1.64 bits per heavy atom. The van der Waals surface area contributed by atoms with Gasteiger partial charge in [-0.1, -0.05) is 42.0 Å². The SMILES string of the molecule is Cc1ccc2c(c1)Cc1cc(-c3ccc(C)c(C)c3)cnc1-2. The zero-order chi connectivity index (χ0) is 15.3. The Morgan fingerprint density at radius 3 is 2.45 bits per heavy atom. The third kappa shape index (κ3) is 2.05. The van der Waals surface area contributed by atoms with E-state index in [2.05, 4.69) is 63.2 Å². The molecule has 0 bridgehead atoms. The highest BCUT2D eigenvalue weighted by molar-refractivity contribution is 5.77. The van der Waals surface area contributed by atoms with Crippen molar-refractivity contribution >= 4 is 0 Å². The van der Waals surface area contributed by atoms with Gasteiger partial charge >= 0.3 is 0 Å². The molecule has 1 aliphatic carbocycles. The summed E-state index contributed by atoms with van der Waals surface area (Å²) in [4.78, 5) is 4.76. The van der Waals surface area contributed by atoms with Crippen molar-refractivity contribution in [2.75, 3.05) is 0 Å². The molecule has 0 N–H and O–H groups in total. The summed E-state index contributed by atoms with van der Waals surface area (Å²) < 4.78 is 0. The highest BCUT2D eigenvalue weighted by Gasteiger charge is 2.20.